The lowest BCUT2D eigenvalue weighted by Gasteiger charge is -2.21. The second-order valence-corrected chi connectivity index (χ2v) is 4.68. The van der Waals surface area contributed by atoms with E-state index >= 15 is 0 Å². The van der Waals surface area contributed by atoms with Gasteiger partial charge in [-0.3, -0.25) is 14.3 Å². The van der Waals surface area contributed by atoms with E-state index in [4.69, 9.17) is 4.74 Å². The molecule has 19 heavy (non-hydrogen) atoms. The Hall–Kier alpha value is -1.58. The van der Waals surface area contributed by atoms with Crippen molar-refractivity contribution in [2.24, 2.45) is 0 Å². The van der Waals surface area contributed by atoms with Gasteiger partial charge in [0, 0.05) is 12.3 Å². The molecule has 7 nitrogen and oxygen atoms in total. The number of nitrogens with one attached hydrogen (secondary N) is 1. The molecular formula is C10H10F2N2O5. The Morgan fingerprint density at radius 3 is 2.74 bits per heavy atom. The number of halogens is 2. The number of hydrogen-bond acceptors (Lipinski definition) is 5. The molecule has 1 saturated heterocycles. The van der Waals surface area contributed by atoms with E-state index in [0.29, 0.717) is 4.57 Å². The predicted molar refractivity (Wildman–Crippen MR) is 56.0 cm³/mol. The third-order valence-corrected chi connectivity index (χ3v) is 3.78. The van der Waals surface area contributed by atoms with Crippen LogP contribution in [0.4, 0.5) is 8.78 Å². The fourth-order valence-corrected chi connectivity index (χ4v) is 2.57. The fraction of sp³-hybridized carbons (Fsp3) is 0.600. The molecule has 2 aliphatic rings. The van der Waals surface area contributed by atoms with Crippen molar-refractivity contribution < 1.29 is 23.7 Å². The van der Waals surface area contributed by atoms with E-state index in [0.717, 1.165) is 12.3 Å². The Morgan fingerprint density at radius 2 is 2.21 bits per heavy atom. The van der Waals surface area contributed by atoms with Crippen molar-refractivity contribution in [2.75, 3.05) is 6.67 Å². The topological polar surface area (TPSA) is 105 Å². The van der Waals surface area contributed by atoms with Gasteiger partial charge >= 0.3 is 5.69 Å². The number of aliphatic hydroxyl groups is 2. The van der Waals surface area contributed by atoms with Crippen molar-refractivity contribution in [3.05, 3.63) is 33.1 Å². The molecule has 0 bridgehead atoms. The largest absolute Gasteiger partial charge is 0.387 e. The number of alkyl halides is 2. The first kappa shape index (κ1) is 12.5. The highest BCUT2D eigenvalue weighted by atomic mass is 19.1. The fourth-order valence-electron chi connectivity index (χ4n) is 2.57. The Morgan fingerprint density at radius 1 is 1.53 bits per heavy atom. The average molecular weight is 276 g/mol. The Bertz CT molecular complexity index is 641. The van der Waals surface area contributed by atoms with Crippen molar-refractivity contribution in [2.45, 2.75) is 29.7 Å². The maximum absolute atomic E-state index is 14.1. The normalized spacial score (nSPS) is 44.1. The first-order valence-corrected chi connectivity index (χ1v) is 5.48. The van der Waals surface area contributed by atoms with Crippen molar-refractivity contribution in [3.63, 3.8) is 0 Å². The van der Waals surface area contributed by atoms with Crippen LogP contribution >= 0.6 is 0 Å². The summed E-state index contributed by atoms with van der Waals surface area (Å²) in [6.07, 6.45) is -4.50. The lowest BCUT2D eigenvalue weighted by molar-refractivity contribution is -0.0988. The van der Waals surface area contributed by atoms with Crippen LogP contribution in [0.1, 0.15) is 6.23 Å². The van der Waals surface area contributed by atoms with Crippen LogP contribution in [0.2, 0.25) is 0 Å². The van der Waals surface area contributed by atoms with E-state index in [-0.39, 0.29) is 0 Å². The van der Waals surface area contributed by atoms with Crippen molar-refractivity contribution >= 4 is 0 Å². The number of fused-ring (bicyclic) bond motifs is 1. The second-order valence-electron chi connectivity index (χ2n) is 4.68. The van der Waals surface area contributed by atoms with Crippen LogP contribution in [0.5, 0.6) is 0 Å². The van der Waals surface area contributed by atoms with Gasteiger partial charge in [0.25, 0.3) is 5.56 Å². The van der Waals surface area contributed by atoms with Crippen LogP contribution in [0.15, 0.2) is 21.9 Å². The van der Waals surface area contributed by atoms with Gasteiger partial charge in [0.05, 0.1) is 0 Å². The molecule has 1 aromatic rings. The van der Waals surface area contributed by atoms with Gasteiger partial charge in [0.1, 0.15) is 12.8 Å². The number of aliphatic hydroxyl groups excluding tert-OH is 1. The van der Waals surface area contributed by atoms with Crippen LogP contribution in [0.25, 0.3) is 0 Å². The summed E-state index contributed by atoms with van der Waals surface area (Å²) >= 11 is 0. The van der Waals surface area contributed by atoms with Crippen LogP contribution in [-0.2, 0) is 4.74 Å². The Kier molecular flexibility index (Phi) is 2.29. The van der Waals surface area contributed by atoms with Crippen molar-refractivity contribution in [1.29, 1.82) is 0 Å². The molecule has 5 atom stereocenters. The van der Waals surface area contributed by atoms with Gasteiger partial charge in [-0.1, -0.05) is 0 Å². The van der Waals surface area contributed by atoms with E-state index in [1.807, 2.05) is 4.98 Å². The molecule has 1 aliphatic carbocycles. The molecule has 104 valence electrons. The van der Waals surface area contributed by atoms with Gasteiger partial charge in [0.2, 0.25) is 0 Å². The summed E-state index contributed by atoms with van der Waals surface area (Å²) in [5, 5.41) is 19.3. The first-order valence-electron chi connectivity index (χ1n) is 5.48. The molecule has 2 fully saturated rings. The van der Waals surface area contributed by atoms with Crippen LogP contribution in [-0.4, -0.2) is 49.9 Å². The molecule has 0 aromatic carbocycles. The summed E-state index contributed by atoms with van der Waals surface area (Å²) in [5.41, 5.74) is -6.05. The number of nitrogens with zero attached hydrogens (tertiary/aromatic N) is 1. The van der Waals surface area contributed by atoms with E-state index in [1.165, 1.54) is 0 Å². The number of aromatic amines is 1. The third kappa shape index (κ3) is 1.24. The molecule has 9 heteroatoms. The molecule has 1 unspecified atom stereocenters. The first-order chi connectivity index (χ1) is 8.88. The minimum Gasteiger partial charge on any atom is -0.387 e. The lowest BCUT2D eigenvalue weighted by atomic mass is 10.1. The molecule has 3 N–H and O–H groups in total. The Labute approximate surface area is 104 Å². The van der Waals surface area contributed by atoms with Gasteiger partial charge in [-0.15, -0.1) is 0 Å². The lowest BCUT2D eigenvalue weighted by Crippen LogP contribution is -2.39. The minimum absolute atomic E-state index is 0.682. The van der Waals surface area contributed by atoms with Crippen molar-refractivity contribution in [1.82, 2.24) is 9.55 Å². The number of rotatable bonds is 2. The van der Waals surface area contributed by atoms with Crippen LogP contribution in [0, 0.1) is 0 Å². The number of ether oxygens (including phenoxy) is 1. The van der Waals surface area contributed by atoms with E-state index in [9.17, 15) is 28.6 Å². The maximum atomic E-state index is 14.1. The highest BCUT2D eigenvalue weighted by Crippen LogP contribution is 2.63. The highest BCUT2D eigenvalue weighted by Gasteiger charge is 2.88. The van der Waals surface area contributed by atoms with E-state index in [1.54, 1.807) is 0 Å². The predicted octanol–water partition coefficient (Wildman–Crippen LogP) is -1.78. The quantitative estimate of drug-likeness (QED) is 0.592. The zero-order chi connectivity index (χ0) is 14.0. The summed E-state index contributed by atoms with van der Waals surface area (Å²) in [4.78, 5) is 24.3. The molecule has 2 heterocycles. The van der Waals surface area contributed by atoms with Crippen LogP contribution in [0.3, 0.4) is 0 Å². The molecule has 3 rings (SSSR count). The number of hydrogen-bond donors (Lipinski definition) is 3. The summed E-state index contributed by atoms with van der Waals surface area (Å²) < 4.78 is 32.7. The van der Waals surface area contributed by atoms with Gasteiger partial charge in [-0.2, -0.15) is 0 Å². The molecule has 1 aliphatic heterocycles. The molecule has 0 spiro atoms. The van der Waals surface area contributed by atoms with Gasteiger partial charge < -0.3 is 14.9 Å². The monoisotopic (exact) mass is 276 g/mol. The van der Waals surface area contributed by atoms with Crippen molar-refractivity contribution in [3.8, 4) is 0 Å². The minimum atomic E-state index is -2.37. The highest BCUT2D eigenvalue weighted by molar-refractivity contribution is 5.35. The SMILES string of the molecule is O=c1ccn([C@@H]2O[C@]3(CF)C(O)[C@@]3(O)[C@H]2F)c(=O)[nH]1. The van der Waals surface area contributed by atoms with E-state index < -0.39 is 47.6 Å². The maximum Gasteiger partial charge on any atom is 0.330 e. The standard InChI is InChI=1S/C10H10F2N2O5/c11-3-9-7(16)10(9,18)5(12)6(19-9)14-2-1-4(15)13-8(14)17/h1-2,5-7,16,18H,3H2,(H,13,15,17)/t5-,6+,7?,9+,10-/m0/s1. The number of H-pyrrole nitrogens is 1. The second kappa shape index (κ2) is 3.50. The zero-order valence-corrected chi connectivity index (χ0v) is 9.42. The summed E-state index contributed by atoms with van der Waals surface area (Å²) in [7, 11) is 0. The molecular weight excluding hydrogens is 266 g/mol. The Balaban J connectivity index is 2.02. The molecule has 0 amide bonds. The molecule has 1 saturated carbocycles. The smallest absolute Gasteiger partial charge is 0.330 e. The molecule has 1 aromatic heterocycles. The summed E-state index contributed by atoms with van der Waals surface area (Å²) in [6, 6.07) is 0.962. The van der Waals surface area contributed by atoms with Gasteiger partial charge in [-0.25, -0.2) is 13.6 Å². The molecule has 0 radical (unpaired) electrons. The summed E-state index contributed by atoms with van der Waals surface area (Å²) in [6.45, 7) is -1.29. The van der Waals surface area contributed by atoms with Crippen LogP contribution < -0.4 is 11.2 Å². The average Bonchev–Trinajstić information content (AvgIpc) is 2.73. The van der Waals surface area contributed by atoms with Gasteiger partial charge in [-0.05, 0) is 0 Å². The van der Waals surface area contributed by atoms with E-state index in [2.05, 4.69) is 0 Å². The number of aromatic nitrogens is 2. The third-order valence-electron chi connectivity index (χ3n) is 3.78. The summed E-state index contributed by atoms with van der Waals surface area (Å²) in [5.74, 6) is 0. The zero-order valence-electron chi connectivity index (χ0n) is 9.42. The van der Waals surface area contributed by atoms with Gasteiger partial charge in [0.15, 0.2) is 23.6 Å².